The molecular formula is C16H20N2O4. The summed E-state index contributed by atoms with van der Waals surface area (Å²) in [5.41, 5.74) is 5.41. The summed E-state index contributed by atoms with van der Waals surface area (Å²) >= 11 is 0. The summed E-state index contributed by atoms with van der Waals surface area (Å²) in [6.45, 7) is 0.979. The summed E-state index contributed by atoms with van der Waals surface area (Å²) in [5.74, 6) is 0.729. The van der Waals surface area contributed by atoms with Crippen LogP contribution in [-0.2, 0) is 4.79 Å². The van der Waals surface area contributed by atoms with Gasteiger partial charge >= 0.3 is 0 Å². The van der Waals surface area contributed by atoms with E-state index in [-0.39, 0.29) is 17.7 Å². The van der Waals surface area contributed by atoms with Crippen LogP contribution in [0.2, 0.25) is 0 Å². The average Bonchev–Trinajstić information content (AvgIpc) is 2.59. The molecule has 1 aliphatic carbocycles. The molecule has 0 radical (unpaired) electrons. The molecule has 1 aromatic rings. The molecule has 0 unspecified atom stereocenters. The summed E-state index contributed by atoms with van der Waals surface area (Å²) in [4.78, 5) is 24.1. The number of rotatable bonds is 2. The first-order chi connectivity index (χ1) is 10.7. The highest BCUT2D eigenvalue weighted by atomic mass is 16.6. The predicted molar refractivity (Wildman–Crippen MR) is 79.6 cm³/mol. The normalized spacial score (nSPS) is 17.6. The Morgan fingerprint density at radius 2 is 1.68 bits per heavy atom. The maximum Gasteiger partial charge on any atom is 0.269 e. The van der Waals surface area contributed by atoms with E-state index in [1.54, 1.807) is 18.2 Å². The van der Waals surface area contributed by atoms with E-state index in [0.717, 1.165) is 25.7 Å². The van der Waals surface area contributed by atoms with Gasteiger partial charge in [-0.15, -0.1) is 0 Å². The zero-order chi connectivity index (χ0) is 15.4. The molecule has 0 saturated heterocycles. The van der Waals surface area contributed by atoms with Crippen LogP contribution >= 0.6 is 0 Å². The van der Waals surface area contributed by atoms with Crippen LogP contribution in [0.4, 0.5) is 0 Å². The molecule has 22 heavy (non-hydrogen) atoms. The highest BCUT2D eigenvalue weighted by Crippen LogP contribution is 2.30. The zero-order valence-corrected chi connectivity index (χ0v) is 12.4. The van der Waals surface area contributed by atoms with Crippen molar-refractivity contribution in [3.05, 3.63) is 23.8 Å². The molecule has 0 spiro atoms. The highest BCUT2D eigenvalue weighted by Gasteiger charge is 2.22. The fraction of sp³-hybridized carbons (Fsp3) is 0.500. The van der Waals surface area contributed by atoms with Crippen molar-refractivity contribution in [3.8, 4) is 11.5 Å². The second kappa shape index (κ2) is 6.68. The van der Waals surface area contributed by atoms with E-state index in [2.05, 4.69) is 10.9 Å². The Labute approximate surface area is 129 Å². The number of amides is 2. The Kier molecular flexibility index (Phi) is 4.46. The molecule has 2 aliphatic rings. The topological polar surface area (TPSA) is 76.7 Å². The monoisotopic (exact) mass is 304 g/mol. The molecule has 0 bridgehead atoms. The largest absolute Gasteiger partial charge is 0.486 e. The molecule has 118 valence electrons. The van der Waals surface area contributed by atoms with Crippen LogP contribution in [0, 0.1) is 5.92 Å². The van der Waals surface area contributed by atoms with Gasteiger partial charge in [0.25, 0.3) is 5.91 Å². The minimum Gasteiger partial charge on any atom is -0.486 e. The summed E-state index contributed by atoms with van der Waals surface area (Å²) in [6, 6.07) is 4.97. The summed E-state index contributed by atoms with van der Waals surface area (Å²) < 4.78 is 10.9. The van der Waals surface area contributed by atoms with Crippen molar-refractivity contribution in [2.75, 3.05) is 13.2 Å². The van der Waals surface area contributed by atoms with Crippen LogP contribution in [0.3, 0.4) is 0 Å². The van der Waals surface area contributed by atoms with Crippen LogP contribution in [0.25, 0.3) is 0 Å². The molecular weight excluding hydrogens is 284 g/mol. The SMILES string of the molecule is O=C(NNC(=O)C1CCCCC1)c1ccc2c(c1)OCCO2. The van der Waals surface area contributed by atoms with E-state index in [4.69, 9.17) is 9.47 Å². The molecule has 2 N–H and O–H groups in total. The van der Waals surface area contributed by atoms with Crippen molar-refractivity contribution in [3.63, 3.8) is 0 Å². The second-order valence-electron chi connectivity index (χ2n) is 5.64. The van der Waals surface area contributed by atoms with Gasteiger partial charge in [-0.2, -0.15) is 0 Å². The molecule has 3 rings (SSSR count). The third kappa shape index (κ3) is 3.32. The third-order valence-corrected chi connectivity index (χ3v) is 4.08. The summed E-state index contributed by atoms with van der Waals surface area (Å²) in [6.07, 6.45) is 5.13. The molecule has 0 aromatic heterocycles. The van der Waals surface area contributed by atoms with E-state index < -0.39 is 0 Å². The highest BCUT2D eigenvalue weighted by molar-refractivity contribution is 5.96. The average molecular weight is 304 g/mol. The van der Waals surface area contributed by atoms with E-state index >= 15 is 0 Å². The molecule has 6 nitrogen and oxygen atoms in total. The van der Waals surface area contributed by atoms with Crippen LogP contribution in [0.1, 0.15) is 42.5 Å². The molecule has 1 aliphatic heterocycles. The fourth-order valence-electron chi connectivity index (χ4n) is 2.84. The Morgan fingerprint density at radius 1 is 0.955 bits per heavy atom. The molecule has 2 amide bonds. The standard InChI is InChI=1S/C16H20N2O4/c19-15(11-4-2-1-3-5-11)17-18-16(20)12-6-7-13-14(10-12)22-9-8-21-13/h6-7,10-11H,1-5,8-9H2,(H,17,19)(H,18,20). The van der Waals surface area contributed by atoms with E-state index in [0.29, 0.717) is 30.3 Å². The number of benzene rings is 1. The first-order valence-corrected chi connectivity index (χ1v) is 7.74. The first-order valence-electron chi connectivity index (χ1n) is 7.74. The van der Waals surface area contributed by atoms with Gasteiger partial charge in [0.1, 0.15) is 13.2 Å². The van der Waals surface area contributed by atoms with Gasteiger partial charge in [0.05, 0.1) is 0 Å². The lowest BCUT2D eigenvalue weighted by atomic mass is 9.89. The lowest BCUT2D eigenvalue weighted by Gasteiger charge is -2.21. The van der Waals surface area contributed by atoms with Crippen molar-refractivity contribution in [2.45, 2.75) is 32.1 Å². The minimum atomic E-state index is -0.360. The quantitative estimate of drug-likeness (QED) is 0.817. The molecule has 0 atom stereocenters. The van der Waals surface area contributed by atoms with Crippen LogP contribution < -0.4 is 20.3 Å². The van der Waals surface area contributed by atoms with Gasteiger partial charge in [-0.1, -0.05) is 19.3 Å². The van der Waals surface area contributed by atoms with Gasteiger partial charge in [0, 0.05) is 11.5 Å². The smallest absolute Gasteiger partial charge is 0.269 e. The van der Waals surface area contributed by atoms with Crippen molar-refractivity contribution < 1.29 is 19.1 Å². The van der Waals surface area contributed by atoms with Crippen LogP contribution in [-0.4, -0.2) is 25.0 Å². The fourth-order valence-corrected chi connectivity index (χ4v) is 2.84. The van der Waals surface area contributed by atoms with Gasteiger partial charge in [-0.05, 0) is 31.0 Å². The van der Waals surface area contributed by atoms with E-state index in [9.17, 15) is 9.59 Å². The number of hydrogen-bond acceptors (Lipinski definition) is 4. The van der Waals surface area contributed by atoms with Crippen molar-refractivity contribution in [1.29, 1.82) is 0 Å². The first kappa shape index (κ1) is 14.7. The van der Waals surface area contributed by atoms with Gasteiger partial charge in [-0.25, -0.2) is 0 Å². The Balaban J connectivity index is 1.56. The Hall–Kier alpha value is -2.24. The second-order valence-corrected chi connectivity index (χ2v) is 5.64. The van der Waals surface area contributed by atoms with Gasteiger partial charge in [-0.3, -0.25) is 20.4 Å². The lowest BCUT2D eigenvalue weighted by molar-refractivity contribution is -0.126. The number of hydrogen-bond donors (Lipinski definition) is 2. The zero-order valence-electron chi connectivity index (χ0n) is 12.4. The van der Waals surface area contributed by atoms with Crippen molar-refractivity contribution >= 4 is 11.8 Å². The minimum absolute atomic E-state index is 0.00863. The number of carbonyl (C=O) groups is 2. The Morgan fingerprint density at radius 3 is 2.45 bits per heavy atom. The maximum atomic E-state index is 12.1. The summed E-state index contributed by atoms with van der Waals surface area (Å²) in [5, 5.41) is 0. The molecule has 1 aromatic carbocycles. The van der Waals surface area contributed by atoms with Crippen LogP contribution in [0.5, 0.6) is 11.5 Å². The van der Waals surface area contributed by atoms with Gasteiger partial charge in [0.2, 0.25) is 5.91 Å². The number of carbonyl (C=O) groups excluding carboxylic acids is 2. The number of ether oxygens (including phenoxy) is 2. The number of nitrogens with one attached hydrogen (secondary N) is 2. The lowest BCUT2D eigenvalue weighted by Crippen LogP contribution is -2.45. The van der Waals surface area contributed by atoms with Gasteiger partial charge in [0.15, 0.2) is 11.5 Å². The molecule has 1 saturated carbocycles. The third-order valence-electron chi connectivity index (χ3n) is 4.08. The number of fused-ring (bicyclic) bond motifs is 1. The Bertz CT molecular complexity index is 567. The molecule has 6 heteroatoms. The van der Waals surface area contributed by atoms with Crippen molar-refractivity contribution in [1.82, 2.24) is 10.9 Å². The summed E-state index contributed by atoms with van der Waals surface area (Å²) in [7, 11) is 0. The number of hydrazine groups is 1. The molecule has 1 fully saturated rings. The van der Waals surface area contributed by atoms with Crippen molar-refractivity contribution in [2.24, 2.45) is 5.92 Å². The van der Waals surface area contributed by atoms with E-state index in [1.807, 2.05) is 0 Å². The van der Waals surface area contributed by atoms with E-state index in [1.165, 1.54) is 6.42 Å². The maximum absolute atomic E-state index is 12.1. The molecule has 1 heterocycles. The van der Waals surface area contributed by atoms with Crippen LogP contribution in [0.15, 0.2) is 18.2 Å². The van der Waals surface area contributed by atoms with Gasteiger partial charge < -0.3 is 9.47 Å². The predicted octanol–water partition coefficient (Wildman–Crippen LogP) is 1.80.